The van der Waals surface area contributed by atoms with Crippen LogP contribution in [0.25, 0.3) is 0 Å². The summed E-state index contributed by atoms with van der Waals surface area (Å²) in [6.45, 7) is 9.75. The van der Waals surface area contributed by atoms with Crippen molar-refractivity contribution in [3.63, 3.8) is 0 Å². The van der Waals surface area contributed by atoms with Gasteiger partial charge in [-0.05, 0) is 44.0 Å². The van der Waals surface area contributed by atoms with Gasteiger partial charge in [0.2, 0.25) is 0 Å². The predicted molar refractivity (Wildman–Crippen MR) is 73.8 cm³/mol. The highest BCUT2D eigenvalue weighted by atomic mass is 16.5. The van der Waals surface area contributed by atoms with Crippen LogP contribution in [0, 0.1) is 0 Å². The molecular formula is C15H25NO. The molecule has 0 saturated heterocycles. The van der Waals surface area contributed by atoms with Crippen LogP contribution in [0.4, 0.5) is 0 Å². The summed E-state index contributed by atoms with van der Waals surface area (Å²) >= 11 is 0. The number of hydrogen-bond donors (Lipinski definition) is 1. The average molecular weight is 235 g/mol. The van der Waals surface area contributed by atoms with Gasteiger partial charge in [-0.1, -0.05) is 39.0 Å². The molecule has 0 aromatic heterocycles. The van der Waals surface area contributed by atoms with Crippen LogP contribution in [0.5, 0.6) is 5.75 Å². The minimum absolute atomic E-state index is 0.124. The summed E-state index contributed by atoms with van der Waals surface area (Å²) in [6.07, 6.45) is 1.26. The molecule has 0 heterocycles. The summed E-state index contributed by atoms with van der Waals surface area (Å²) in [6, 6.07) is 8.33. The van der Waals surface area contributed by atoms with E-state index in [1.165, 1.54) is 5.56 Å². The molecule has 0 fully saturated rings. The summed E-state index contributed by atoms with van der Waals surface area (Å²) in [7, 11) is 1.97. The number of ether oxygens (including phenoxy) is 1. The van der Waals surface area contributed by atoms with Crippen molar-refractivity contribution in [1.82, 2.24) is 5.32 Å². The molecule has 0 aliphatic carbocycles. The SMILES string of the molecule is CNCCC(C)Oc1ccccc1C(C)(C)C. The van der Waals surface area contributed by atoms with Gasteiger partial charge in [0.1, 0.15) is 5.75 Å². The van der Waals surface area contributed by atoms with Crippen LogP contribution in [0.3, 0.4) is 0 Å². The molecule has 0 bridgehead atoms. The molecule has 0 amide bonds. The van der Waals surface area contributed by atoms with E-state index in [9.17, 15) is 0 Å². The number of nitrogens with one attached hydrogen (secondary N) is 1. The molecule has 96 valence electrons. The summed E-state index contributed by atoms with van der Waals surface area (Å²) in [5.74, 6) is 1.02. The van der Waals surface area contributed by atoms with E-state index in [0.29, 0.717) is 0 Å². The van der Waals surface area contributed by atoms with Gasteiger partial charge in [0.05, 0.1) is 6.10 Å². The fourth-order valence-corrected chi connectivity index (χ4v) is 1.81. The van der Waals surface area contributed by atoms with Crippen LogP contribution in [0.15, 0.2) is 24.3 Å². The molecule has 2 heteroatoms. The number of benzene rings is 1. The highest BCUT2D eigenvalue weighted by Gasteiger charge is 2.19. The maximum atomic E-state index is 6.03. The fourth-order valence-electron chi connectivity index (χ4n) is 1.81. The molecule has 0 radical (unpaired) electrons. The molecule has 0 spiro atoms. The van der Waals surface area contributed by atoms with E-state index >= 15 is 0 Å². The fraction of sp³-hybridized carbons (Fsp3) is 0.600. The maximum absolute atomic E-state index is 6.03. The van der Waals surface area contributed by atoms with Gasteiger partial charge in [0.15, 0.2) is 0 Å². The van der Waals surface area contributed by atoms with Gasteiger partial charge < -0.3 is 10.1 Å². The van der Waals surface area contributed by atoms with Crippen molar-refractivity contribution in [3.8, 4) is 5.75 Å². The molecule has 1 rings (SSSR count). The van der Waals surface area contributed by atoms with Crippen molar-refractivity contribution in [3.05, 3.63) is 29.8 Å². The first-order chi connectivity index (χ1) is 7.95. The number of hydrogen-bond acceptors (Lipinski definition) is 2. The maximum Gasteiger partial charge on any atom is 0.123 e. The zero-order chi connectivity index (χ0) is 12.9. The second-order valence-corrected chi connectivity index (χ2v) is 5.57. The Morgan fingerprint density at radius 1 is 1.24 bits per heavy atom. The van der Waals surface area contributed by atoms with Crippen molar-refractivity contribution < 1.29 is 4.74 Å². The van der Waals surface area contributed by atoms with E-state index in [-0.39, 0.29) is 11.5 Å². The Hall–Kier alpha value is -1.02. The van der Waals surface area contributed by atoms with Gasteiger partial charge in [-0.2, -0.15) is 0 Å². The highest BCUT2D eigenvalue weighted by molar-refractivity contribution is 5.38. The third-order valence-electron chi connectivity index (χ3n) is 2.82. The molecule has 0 aliphatic heterocycles. The molecule has 1 N–H and O–H groups in total. The molecule has 1 aromatic carbocycles. The van der Waals surface area contributed by atoms with Gasteiger partial charge in [-0.25, -0.2) is 0 Å². The Bertz CT molecular complexity index is 341. The van der Waals surface area contributed by atoms with Crippen molar-refractivity contribution in [2.75, 3.05) is 13.6 Å². The van der Waals surface area contributed by atoms with E-state index in [1.54, 1.807) is 0 Å². The normalized spacial score (nSPS) is 13.5. The first kappa shape index (κ1) is 14.0. The predicted octanol–water partition coefficient (Wildman–Crippen LogP) is 3.36. The van der Waals surface area contributed by atoms with E-state index < -0.39 is 0 Å². The first-order valence-electron chi connectivity index (χ1n) is 6.36. The quantitative estimate of drug-likeness (QED) is 0.845. The van der Waals surface area contributed by atoms with Gasteiger partial charge in [-0.15, -0.1) is 0 Å². The zero-order valence-electron chi connectivity index (χ0n) is 11.7. The minimum atomic E-state index is 0.124. The molecule has 1 atom stereocenters. The van der Waals surface area contributed by atoms with Crippen LogP contribution in [-0.4, -0.2) is 19.7 Å². The summed E-state index contributed by atoms with van der Waals surface area (Å²) < 4.78 is 6.03. The van der Waals surface area contributed by atoms with Crippen LogP contribution in [-0.2, 0) is 5.41 Å². The summed E-state index contributed by atoms with van der Waals surface area (Å²) in [5, 5.41) is 3.15. The molecule has 17 heavy (non-hydrogen) atoms. The molecule has 2 nitrogen and oxygen atoms in total. The Morgan fingerprint density at radius 2 is 1.88 bits per heavy atom. The van der Waals surface area contributed by atoms with Gasteiger partial charge >= 0.3 is 0 Å². The van der Waals surface area contributed by atoms with Crippen LogP contribution in [0.1, 0.15) is 39.7 Å². The van der Waals surface area contributed by atoms with Crippen molar-refractivity contribution in [2.45, 2.75) is 45.6 Å². The van der Waals surface area contributed by atoms with Crippen LogP contribution in [0.2, 0.25) is 0 Å². The lowest BCUT2D eigenvalue weighted by Gasteiger charge is -2.24. The monoisotopic (exact) mass is 235 g/mol. The largest absolute Gasteiger partial charge is 0.490 e. The third kappa shape index (κ3) is 4.39. The molecule has 1 aromatic rings. The number of para-hydroxylation sites is 1. The average Bonchev–Trinajstić information content (AvgIpc) is 2.25. The Labute approximate surface area is 105 Å². The highest BCUT2D eigenvalue weighted by Crippen LogP contribution is 2.31. The summed E-state index contributed by atoms with van der Waals surface area (Å²) in [4.78, 5) is 0. The lowest BCUT2D eigenvalue weighted by atomic mass is 9.86. The smallest absolute Gasteiger partial charge is 0.123 e. The molecule has 0 aliphatic rings. The second kappa shape index (κ2) is 6.06. The van der Waals surface area contributed by atoms with Crippen LogP contribution >= 0.6 is 0 Å². The van der Waals surface area contributed by atoms with Crippen molar-refractivity contribution in [1.29, 1.82) is 0 Å². The molecular weight excluding hydrogens is 210 g/mol. The third-order valence-corrected chi connectivity index (χ3v) is 2.82. The van der Waals surface area contributed by atoms with Crippen molar-refractivity contribution >= 4 is 0 Å². The Kier molecular flexibility index (Phi) is 5.01. The Morgan fingerprint density at radius 3 is 2.47 bits per heavy atom. The lowest BCUT2D eigenvalue weighted by Crippen LogP contribution is -2.21. The minimum Gasteiger partial charge on any atom is -0.490 e. The lowest BCUT2D eigenvalue weighted by molar-refractivity contribution is 0.206. The second-order valence-electron chi connectivity index (χ2n) is 5.57. The van der Waals surface area contributed by atoms with Crippen LogP contribution < -0.4 is 10.1 Å². The van der Waals surface area contributed by atoms with Crippen molar-refractivity contribution in [2.24, 2.45) is 0 Å². The standard InChI is InChI=1S/C15H25NO/c1-12(10-11-16-5)17-14-9-7-6-8-13(14)15(2,3)4/h6-9,12,16H,10-11H2,1-5H3. The first-order valence-corrected chi connectivity index (χ1v) is 6.36. The van der Waals surface area contributed by atoms with E-state index in [1.807, 2.05) is 13.1 Å². The van der Waals surface area contributed by atoms with Gasteiger partial charge in [-0.3, -0.25) is 0 Å². The molecule has 0 saturated carbocycles. The van der Waals surface area contributed by atoms with E-state index in [2.05, 4.69) is 51.2 Å². The van der Waals surface area contributed by atoms with E-state index in [0.717, 1.165) is 18.7 Å². The summed E-state index contributed by atoms with van der Waals surface area (Å²) in [5.41, 5.74) is 1.40. The van der Waals surface area contributed by atoms with E-state index in [4.69, 9.17) is 4.74 Å². The van der Waals surface area contributed by atoms with Gasteiger partial charge in [0, 0.05) is 0 Å². The van der Waals surface area contributed by atoms with Gasteiger partial charge in [0.25, 0.3) is 0 Å². The number of rotatable bonds is 5. The molecule has 1 unspecified atom stereocenters. The zero-order valence-corrected chi connectivity index (χ0v) is 11.7. The Balaban J connectivity index is 2.77. The topological polar surface area (TPSA) is 21.3 Å².